The summed E-state index contributed by atoms with van der Waals surface area (Å²) in [5.41, 5.74) is 1.23. The normalized spacial score (nSPS) is 7.67. The highest BCUT2D eigenvalue weighted by Crippen LogP contribution is 1.96. The Hall–Kier alpha value is -0.780. The van der Waals surface area contributed by atoms with Gasteiger partial charge >= 0.3 is 0 Å². The maximum absolute atomic E-state index is 3.78. The second-order valence-corrected chi connectivity index (χ2v) is 2.04. The first-order valence-corrected chi connectivity index (χ1v) is 4.56. The molecule has 0 amide bonds. The molecule has 0 heteroatoms. The molecule has 0 saturated heterocycles. The topological polar surface area (TPSA) is 0 Å². The third-order valence-corrected chi connectivity index (χ3v) is 0.869. The van der Waals surface area contributed by atoms with Gasteiger partial charge in [-0.2, -0.15) is 0 Å². The number of hydrogen-bond acceptors (Lipinski definition) is 0. The van der Waals surface area contributed by atoms with Crippen molar-refractivity contribution in [2.45, 2.75) is 40.5 Å². The van der Waals surface area contributed by atoms with Crippen LogP contribution >= 0.6 is 0 Å². The van der Waals surface area contributed by atoms with E-state index in [0.29, 0.717) is 0 Å². The summed E-state index contributed by atoms with van der Waals surface area (Å²) in [5, 5.41) is 0. The quantitative estimate of drug-likeness (QED) is 0.534. The van der Waals surface area contributed by atoms with E-state index in [4.69, 9.17) is 0 Å². The van der Waals surface area contributed by atoms with Crippen LogP contribution in [0.15, 0.2) is 37.5 Å². The molecule has 0 nitrogen and oxygen atoms in total. The summed E-state index contributed by atoms with van der Waals surface area (Å²) in [7, 11) is 0. The Morgan fingerprint density at radius 2 is 1.58 bits per heavy atom. The molecular weight excluding hydrogens is 144 g/mol. The average molecular weight is 168 g/mol. The first-order chi connectivity index (χ1) is 5.77. The molecule has 0 fully saturated rings. The van der Waals surface area contributed by atoms with E-state index < -0.39 is 0 Å². The molecule has 0 aliphatic carbocycles. The molecule has 0 aromatic carbocycles. The standard InChI is InChI=1S/C8H14.C2H6.C2H4/c1-4-5-6-7-8(2)3;2*1-2/h5-6H,2,4,7H2,1,3H3;1-2H3;1-2H2/b6-5-;;. The highest BCUT2D eigenvalue weighted by molar-refractivity contribution is 4.97. The molecule has 0 rings (SSSR count). The van der Waals surface area contributed by atoms with Gasteiger partial charge in [0.25, 0.3) is 0 Å². The van der Waals surface area contributed by atoms with Crippen molar-refractivity contribution in [3.05, 3.63) is 37.5 Å². The van der Waals surface area contributed by atoms with E-state index in [0.717, 1.165) is 12.8 Å². The maximum Gasteiger partial charge on any atom is -0.0144 e. The summed E-state index contributed by atoms with van der Waals surface area (Å²) >= 11 is 0. The Kier molecular flexibility index (Phi) is 32.5. The van der Waals surface area contributed by atoms with Crippen molar-refractivity contribution in [3.63, 3.8) is 0 Å². The molecule has 72 valence electrons. The Balaban J connectivity index is -0.000000175. The minimum atomic E-state index is 1.04. The zero-order valence-electron chi connectivity index (χ0n) is 9.19. The lowest BCUT2D eigenvalue weighted by Gasteiger charge is -1.86. The fourth-order valence-corrected chi connectivity index (χ4v) is 0.451. The molecular formula is C12H24. The van der Waals surface area contributed by atoms with Crippen LogP contribution in [0.3, 0.4) is 0 Å². The molecule has 0 radical (unpaired) electrons. The molecule has 0 N–H and O–H groups in total. The van der Waals surface area contributed by atoms with Crippen LogP contribution in [0.1, 0.15) is 40.5 Å². The zero-order valence-corrected chi connectivity index (χ0v) is 9.19. The van der Waals surface area contributed by atoms with Crippen molar-refractivity contribution in [2.75, 3.05) is 0 Å². The molecule has 0 unspecified atom stereocenters. The first-order valence-electron chi connectivity index (χ1n) is 4.56. The van der Waals surface area contributed by atoms with Gasteiger partial charge in [0.05, 0.1) is 0 Å². The zero-order chi connectivity index (χ0) is 10.4. The summed E-state index contributed by atoms with van der Waals surface area (Å²) < 4.78 is 0. The second kappa shape index (κ2) is 22.5. The number of rotatable bonds is 3. The summed E-state index contributed by atoms with van der Waals surface area (Å²) in [6.07, 6.45) is 6.48. The van der Waals surface area contributed by atoms with E-state index in [-0.39, 0.29) is 0 Å². The first kappa shape index (κ1) is 17.3. The van der Waals surface area contributed by atoms with Crippen LogP contribution in [0, 0.1) is 0 Å². The third-order valence-electron chi connectivity index (χ3n) is 0.869. The fourth-order valence-electron chi connectivity index (χ4n) is 0.451. The van der Waals surface area contributed by atoms with Gasteiger partial charge in [0.2, 0.25) is 0 Å². The summed E-state index contributed by atoms with van der Waals surface area (Å²) in [6.45, 7) is 18.0. The molecule has 0 spiro atoms. The average Bonchev–Trinajstić information content (AvgIpc) is 2.12. The highest BCUT2D eigenvalue weighted by atomic mass is 13.8. The van der Waals surface area contributed by atoms with Crippen molar-refractivity contribution < 1.29 is 0 Å². The predicted molar refractivity (Wildman–Crippen MR) is 61.5 cm³/mol. The van der Waals surface area contributed by atoms with Crippen molar-refractivity contribution in [2.24, 2.45) is 0 Å². The van der Waals surface area contributed by atoms with Crippen molar-refractivity contribution in [1.82, 2.24) is 0 Å². The largest absolute Gasteiger partial charge is 0.106 e. The third kappa shape index (κ3) is 35.0. The number of allylic oxidation sites excluding steroid dienone is 3. The Morgan fingerprint density at radius 1 is 1.17 bits per heavy atom. The monoisotopic (exact) mass is 168 g/mol. The predicted octanol–water partition coefficient (Wildman–Crippen LogP) is 4.75. The molecule has 0 heterocycles. The van der Waals surface area contributed by atoms with Gasteiger partial charge in [-0.1, -0.05) is 45.1 Å². The van der Waals surface area contributed by atoms with Gasteiger partial charge < -0.3 is 0 Å². The molecule has 12 heavy (non-hydrogen) atoms. The van der Waals surface area contributed by atoms with Gasteiger partial charge in [0.1, 0.15) is 0 Å². The van der Waals surface area contributed by atoms with Crippen LogP contribution in [-0.4, -0.2) is 0 Å². The van der Waals surface area contributed by atoms with Crippen LogP contribution in [-0.2, 0) is 0 Å². The maximum atomic E-state index is 3.78. The van der Waals surface area contributed by atoms with E-state index in [1.54, 1.807) is 0 Å². The van der Waals surface area contributed by atoms with Gasteiger partial charge in [0, 0.05) is 0 Å². The molecule has 0 saturated carbocycles. The van der Waals surface area contributed by atoms with Crippen LogP contribution in [0.2, 0.25) is 0 Å². The lowest BCUT2D eigenvalue weighted by atomic mass is 10.2. The smallest absolute Gasteiger partial charge is 0.0144 e. The van der Waals surface area contributed by atoms with Gasteiger partial charge in [-0.15, -0.1) is 13.2 Å². The molecule has 0 bridgehead atoms. The number of hydrogen-bond donors (Lipinski definition) is 0. The summed E-state index contributed by atoms with van der Waals surface area (Å²) in [6, 6.07) is 0. The highest BCUT2D eigenvalue weighted by Gasteiger charge is 1.75. The van der Waals surface area contributed by atoms with E-state index in [9.17, 15) is 0 Å². The molecule has 0 atom stereocenters. The summed E-state index contributed by atoms with van der Waals surface area (Å²) in [4.78, 5) is 0. The van der Waals surface area contributed by atoms with Crippen LogP contribution in [0.4, 0.5) is 0 Å². The second-order valence-electron chi connectivity index (χ2n) is 2.04. The van der Waals surface area contributed by atoms with E-state index in [1.165, 1.54) is 5.57 Å². The lowest BCUT2D eigenvalue weighted by Crippen LogP contribution is -1.65. The SMILES string of the molecule is C=C.C=C(C)C/C=C\CC.CC. The fraction of sp³-hybridized carbons (Fsp3) is 0.500. The Morgan fingerprint density at radius 3 is 1.83 bits per heavy atom. The molecule has 0 aliphatic rings. The van der Waals surface area contributed by atoms with Crippen LogP contribution in [0.5, 0.6) is 0 Å². The Labute approximate surface area is 78.7 Å². The van der Waals surface area contributed by atoms with Crippen LogP contribution in [0.25, 0.3) is 0 Å². The molecule has 0 aromatic rings. The van der Waals surface area contributed by atoms with Gasteiger partial charge in [0.15, 0.2) is 0 Å². The lowest BCUT2D eigenvalue weighted by molar-refractivity contribution is 1.16. The van der Waals surface area contributed by atoms with Gasteiger partial charge in [-0.3, -0.25) is 0 Å². The van der Waals surface area contributed by atoms with Crippen molar-refractivity contribution >= 4 is 0 Å². The van der Waals surface area contributed by atoms with Gasteiger partial charge in [-0.05, 0) is 19.8 Å². The summed E-state index contributed by atoms with van der Waals surface area (Å²) in [5.74, 6) is 0. The molecule has 0 aromatic heterocycles. The van der Waals surface area contributed by atoms with Crippen LogP contribution < -0.4 is 0 Å². The van der Waals surface area contributed by atoms with Crippen molar-refractivity contribution in [3.8, 4) is 0 Å². The van der Waals surface area contributed by atoms with E-state index in [1.807, 2.05) is 20.8 Å². The van der Waals surface area contributed by atoms with E-state index >= 15 is 0 Å². The minimum Gasteiger partial charge on any atom is -0.106 e. The molecule has 0 aliphatic heterocycles. The van der Waals surface area contributed by atoms with Gasteiger partial charge in [-0.25, -0.2) is 0 Å². The Bertz CT molecular complexity index is 98.6. The van der Waals surface area contributed by atoms with E-state index in [2.05, 4.69) is 38.8 Å². The van der Waals surface area contributed by atoms with Crippen molar-refractivity contribution in [1.29, 1.82) is 0 Å². The minimum absolute atomic E-state index is 1.04.